The second-order valence-corrected chi connectivity index (χ2v) is 3.06. The van der Waals surface area contributed by atoms with E-state index in [1.54, 1.807) is 18.0 Å². The van der Waals surface area contributed by atoms with Crippen LogP contribution in [0.4, 0.5) is 0 Å². The molecule has 0 aromatic heterocycles. The molecular formula is C7H8NOS. The van der Waals surface area contributed by atoms with Crippen LogP contribution < -0.4 is 0 Å². The highest BCUT2D eigenvalue weighted by Crippen LogP contribution is 2.17. The molecule has 0 aliphatic carbocycles. The van der Waals surface area contributed by atoms with Crippen LogP contribution in [-0.2, 0) is 4.79 Å². The zero-order valence-corrected chi connectivity index (χ0v) is 6.57. The standard InChI is InChI=1S/C7H8NOS/c1-6(2-4-9)7-8-3-5-10-7/h2H,3,5H2,1H3. The Morgan fingerprint density at radius 1 is 1.90 bits per heavy atom. The van der Waals surface area contributed by atoms with Gasteiger partial charge in [-0.2, -0.15) is 0 Å². The van der Waals surface area contributed by atoms with Crippen molar-refractivity contribution < 1.29 is 4.79 Å². The Balaban J connectivity index is 2.63. The van der Waals surface area contributed by atoms with Crippen LogP contribution in [0.3, 0.4) is 0 Å². The fourth-order valence-electron chi connectivity index (χ4n) is 0.724. The summed E-state index contributed by atoms with van der Waals surface area (Å²) in [5.41, 5.74) is 0.928. The Morgan fingerprint density at radius 2 is 2.70 bits per heavy atom. The predicted octanol–water partition coefficient (Wildman–Crippen LogP) is 1.19. The molecule has 0 atom stereocenters. The Morgan fingerprint density at radius 3 is 3.20 bits per heavy atom. The third-order valence-electron chi connectivity index (χ3n) is 1.20. The molecule has 0 spiro atoms. The minimum absolute atomic E-state index is 0.879. The quantitative estimate of drug-likeness (QED) is 0.559. The Hall–Kier alpha value is -0.570. The second kappa shape index (κ2) is 3.56. The van der Waals surface area contributed by atoms with Crippen LogP contribution in [0.2, 0.25) is 0 Å². The third kappa shape index (κ3) is 1.70. The number of allylic oxidation sites excluding steroid dienone is 1. The van der Waals surface area contributed by atoms with Crippen molar-refractivity contribution >= 4 is 23.1 Å². The highest BCUT2D eigenvalue weighted by Gasteiger charge is 2.07. The summed E-state index contributed by atoms with van der Waals surface area (Å²) in [4.78, 5) is 14.1. The molecule has 0 N–H and O–H groups in total. The lowest BCUT2D eigenvalue weighted by molar-refractivity contribution is 0.564. The van der Waals surface area contributed by atoms with Gasteiger partial charge in [0, 0.05) is 12.3 Å². The maximum absolute atomic E-state index is 9.91. The van der Waals surface area contributed by atoms with E-state index in [1.165, 1.54) is 6.08 Å². The van der Waals surface area contributed by atoms with Crippen molar-refractivity contribution in [2.24, 2.45) is 4.99 Å². The molecule has 1 aliphatic rings. The molecule has 1 radical (unpaired) electrons. The summed E-state index contributed by atoms with van der Waals surface area (Å²) in [6.07, 6.45) is 3.17. The first-order chi connectivity index (χ1) is 4.84. The van der Waals surface area contributed by atoms with E-state index in [1.807, 2.05) is 6.92 Å². The number of carbonyl (C=O) groups excluding carboxylic acids is 1. The summed E-state index contributed by atoms with van der Waals surface area (Å²) >= 11 is 1.69. The molecule has 0 saturated carbocycles. The van der Waals surface area contributed by atoms with Gasteiger partial charge in [0.05, 0.1) is 5.04 Å². The van der Waals surface area contributed by atoms with Crippen molar-refractivity contribution in [1.82, 2.24) is 0 Å². The summed E-state index contributed by atoms with van der Waals surface area (Å²) in [7, 11) is 0. The molecule has 2 nitrogen and oxygen atoms in total. The van der Waals surface area contributed by atoms with Gasteiger partial charge in [0.1, 0.15) is 0 Å². The predicted molar refractivity (Wildman–Crippen MR) is 44.2 cm³/mol. The van der Waals surface area contributed by atoms with Gasteiger partial charge in [-0.25, -0.2) is 0 Å². The maximum atomic E-state index is 9.91. The SMILES string of the molecule is CC(=C[C]=O)C1=NCCS1. The van der Waals surface area contributed by atoms with Gasteiger partial charge in [-0.1, -0.05) is 0 Å². The van der Waals surface area contributed by atoms with E-state index in [4.69, 9.17) is 0 Å². The fourth-order valence-corrected chi connectivity index (χ4v) is 1.57. The number of nitrogens with zero attached hydrogens (tertiary/aromatic N) is 1. The first-order valence-corrected chi connectivity index (χ1v) is 4.05. The van der Waals surface area contributed by atoms with Crippen LogP contribution in [0.1, 0.15) is 6.92 Å². The minimum atomic E-state index is 0.879. The number of thioether (sulfide) groups is 1. The van der Waals surface area contributed by atoms with Crippen molar-refractivity contribution in [3.8, 4) is 0 Å². The largest absolute Gasteiger partial charge is 0.286 e. The molecule has 0 unspecified atom stereocenters. The molecule has 0 aromatic carbocycles. The number of aliphatic imine (C=N–C) groups is 1. The van der Waals surface area contributed by atoms with E-state index >= 15 is 0 Å². The molecule has 0 amide bonds. The lowest BCUT2D eigenvalue weighted by Crippen LogP contribution is -1.89. The summed E-state index contributed by atoms with van der Waals surface area (Å²) in [6, 6.07) is 0. The molecule has 0 saturated heterocycles. The smallest absolute Gasteiger partial charge is 0.226 e. The van der Waals surface area contributed by atoms with Crippen LogP contribution in [0.25, 0.3) is 0 Å². The Labute approximate surface area is 64.4 Å². The van der Waals surface area contributed by atoms with Gasteiger partial charge in [-0.3, -0.25) is 9.79 Å². The van der Waals surface area contributed by atoms with Crippen molar-refractivity contribution in [1.29, 1.82) is 0 Å². The first-order valence-electron chi connectivity index (χ1n) is 3.06. The monoisotopic (exact) mass is 154 g/mol. The van der Waals surface area contributed by atoms with Gasteiger partial charge < -0.3 is 0 Å². The normalized spacial score (nSPS) is 18.9. The number of hydrogen-bond donors (Lipinski definition) is 0. The van der Waals surface area contributed by atoms with Crippen molar-refractivity contribution in [2.75, 3.05) is 12.3 Å². The van der Waals surface area contributed by atoms with Gasteiger partial charge in [0.25, 0.3) is 0 Å². The van der Waals surface area contributed by atoms with E-state index in [2.05, 4.69) is 4.99 Å². The Bertz CT molecular complexity index is 196. The van der Waals surface area contributed by atoms with E-state index in [9.17, 15) is 4.79 Å². The molecule has 53 valence electrons. The number of rotatable bonds is 2. The van der Waals surface area contributed by atoms with E-state index in [-0.39, 0.29) is 0 Å². The van der Waals surface area contributed by atoms with E-state index < -0.39 is 0 Å². The molecule has 0 bridgehead atoms. The van der Waals surface area contributed by atoms with E-state index in [0.717, 1.165) is 22.9 Å². The Kier molecular flexibility index (Phi) is 2.68. The average molecular weight is 154 g/mol. The number of hydrogen-bond acceptors (Lipinski definition) is 3. The lowest BCUT2D eigenvalue weighted by Gasteiger charge is -1.93. The molecule has 0 fully saturated rings. The zero-order chi connectivity index (χ0) is 7.40. The summed E-state index contributed by atoms with van der Waals surface area (Å²) in [5.74, 6) is 1.04. The molecule has 0 aromatic rings. The van der Waals surface area contributed by atoms with Crippen molar-refractivity contribution in [3.05, 3.63) is 11.6 Å². The summed E-state index contributed by atoms with van der Waals surface area (Å²) < 4.78 is 0. The minimum Gasteiger partial charge on any atom is -0.286 e. The molecule has 3 heteroatoms. The van der Waals surface area contributed by atoms with Gasteiger partial charge in [-0.15, -0.1) is 11.8 Å². The van der Waals surface area contributed by atoms with Gasteiger partial charge >= 0.3 is 0 Å². The van der Waals surface area contributed by atoms with Crippen LogP contribution in [0.15, 0.2) is 16.6 Å². The summed E-state index contributed by atoms with van der Waals surface area (Å²) in [5, 5.41) is 0.989. The maximum Gasteiger partial charge on any atom is 0.226 e. The average Bonchev–Trinajstić information content (AvgIpc) is 2.38. The van der Waals surface area contributed by atoms with Gasteiger partial charge in [0.2, 0.25) is 6.29 Å². The molecular weight excluding hydrogens is 146 g/mol. The summed E-state index contributed by atoms with van der Waals surface area (Å²) in [6.45, 7) is 2.76. The first kappa shape index (κ1) is 7.54. The highest BCUT2D eigenvalue weighted by atomic mass is 32.2. The molecule has 1 rings (SSSR count). The van der Waals surface area contributed by atoms with Gasteiger partial charge in [-0.05, 0) is 18.6 Å². The lowest BCUT2D eigenvalue weighted by atomic mass is 10.3. The molecule has 1 heterocycles. The van der Waals surface area contributed by atoms with Crippen LogP contribution in [0, 0.1) is 0 Å². The van der Waals surface area contributed by atoms with E-state index in [0.29, 0.717) is 0 Å². The van der Waals surface area contributed by atoms with Crippen LogP contribution in [0.5, 0.6) is 0 Å². The van der Waals surface area contributed by atoms with Gasteiger partial charge in [0.15, 0.2) is 0 Å². The molecule has 10 heavy (non-hydrogen) atoms. The topological polar surface area (TPSA) is 29.4 Å². The second-order valence-electron chi connectivity index (χ2n) is 1.98. The van der Waals surface area contributed by atoms with Crippen LogP contribution >= 0.6 is 11.8 Å². The van der Waals surface area contributed by atoms with Crippen LogP contribution in [-0.4, -0.2) is 23.6 Å². The molecule has 1 aliphatic heterocycles. The zero-order valence-electron chi connectivity index (χ0n) is 5.76. The highest BCUT2D eigenvalue weighted by molar-refractivity contribution is 8.14. The fraction of sp³-hybridized carbons (Fsp3) is 0.429. The van der Waals surface area contributed by atoms with Crippen molar-refractivity contribution in [2.45, 2.75) is 6.92 Å². The van der Waals surface area contributed by atoms with Crippen molar-refractivity contribution in [3.63, 3.8) is 0 Å². The third-order valence-corrected chi connectivity index (χ3v) is 2.31.